The summed E-state index contributed by atoms with van der Waals surface area (Å²) in [7, 11) is 0. The number of aryl methyl sites for hydroxylation is 1. The van der Waals surface area contributed by atoms with Gasteiger partial charge >= 0.3 is 0 Å². The van der Waals surface area contributed by atoms with Gasteiger partial charge in [-0.3, -0.25) is 0 Å². The van der Waals surface area contributed by atoms with Gasteiger partial charge in [0.05, 0.1) is 4.88 Å². The first-order chi connectivity index (χ1) is 12.3. The van der Waals surface area contributed by atoms with Crippen LogP contribution in [0.3, 0.4) is 0 Å². The van der Waals surface area contributed by atoms with Gasteiger partial charge in [-0.25, -0.2) is 9.97 Å². The van der Waals surface area contributed by atoms with Crippen LogP contribution in [0.15, 0.2) is 38.5 Å². The first-order valence-corrected chi connectivity index (χ1v) is 10.6. The van der Waals surface area contributed by atoms with Crippen molar-refractivity contribution in [1.29, 1.82) is 0 Å². The molecule has 5 nitrogen and oxygen atoms in total. The predicted molar refractivity (Wildman–Crippen MR) is 100 cm³/mol. The van der Waals surface area contributed by atoms with E-state index in [0.717, 1.165) is 33.5 Å². The highest BCUT2D eigenvalue weighted by Crippen LogP contribution is 2.42. The molecule has 25 heavy (non-hydrogen) atoms. The van der Waals surface area contributed by atoms with E-state index >= 15 is 0 Å². The van der Waals surface area contributed by atoms with Gasteiger partial charge in [0.2, 0.25) is 0 Å². The summed E-state index contributed by atoms with van der Waals surface area (Å²) in [5.74, 6) is 1.30. The molecule has 0 fully saturated rings. The average molecular weight is 387 g/mol. The largest absolute Gasteiger partial charge is 0.410 e. The standard InChI is InChI=1S/C17H14N4OS3/c1-9-4-5-10-12(7-9)24-15-13(10)16(19-8-18-15)25-17-21-20-14(22-17)11-3-2-6-23-11/h2-3,6,8-9H,4-5,7H2,1H3. The van der Waals surface area contributed by atoms with Crippen molar-refractivity contribution in [2.24, 2.45) is 5.92 Å². The Bertz CT molecular complexity index is 1040. The Hall–Kier alpha value is -1.77. The molecule has 0 aliphatic heterocycles. The molecule has 1 aliphatic carbocycles. The van der Waals surface area contributed by atoms with Crippen molar-refractivity contribution >= 4 is 44.7 Å². The lowest BCUT2D eigenvalue weighted by Crippen LogP contribution is -2.08. The van der Waals surface area contributed by atoms with Crippen LogP contribution in [-0.4, -0.2) is 20.2 Å². The van der Waals surface area contributed by atoms with E-state index < -0.39 is 0 Å². The van der Waals surface area contributed by atoms with Crippen LogP contribution in [0, 0.1) is 5.92 Å². The van der Waals surface area contributed by atoms with Crippen LogP contribution < -0.4 is 0 Å². The molecule has 0 radical (unpaired) electrons. The molecule has 4 aromatic heterocycles. The van der Waals surface area contributed by atoms with E-state index in [1.807, 2.05) is 17.5 Å². The number of hydrogen-bond acceptors (Lipinski definition) is 8. The minimum atomic E-state index is 0.521. The fourth-order valence-electron chi connectivity index (χ4n) is 3.16. The predicted octanol–water partition coefficient (Wildman–Crippen LogP) is 5.08. The molecule has 8 heteroatoms. The summed E-state index contributed by atoms with van der Waals surface area (Å²) in [4.78, 5) is 12.5. The molecule has 0 saturated carbocycles. The first-order valence-electron chi connectivity index (χ1n) is 8.08. The Morgan fingerprint density at radius 1 is 1.28 bits per heavy atom. The zero-order valence-electron chi connectivity index (χ0n) is 13.4. The Kier molecular flexibility index (Phi) is 3.83. The third kappa shape index (κ3) is 2.78. The zero-order chi connectivity index (χ0) is 16.8. The SMILES string of the molecule is CC1CCc2c(sc3ncnc(Sc4nnc(-c5cccs5)o4)c23)C1. The summed E-state index contributed by atoms with van der Waals surface area (Å²) >= 11 is 4.82. The van der Waals surface area contributed by atoms with Crippen LogP contribution in [0.4, 0.5) is 0 Å². The van der Waals surface area contributed by atoms with Gasteiger partial charge in [0.15, 0.2) is 0 Å². The third-order valence-electron chi connectivity index (χ3n) is 4.38. The lowest BCUT2D eigenvalue weighted by molar-refractivity contribution is 0.466. The molecule has 4 heterocycles. The zero-order valence-corrected chi connectivity index (χ0v) is 15.9. The normalized spacial score (nSPS) is 17.1. The molecule has 5 rings (SSSR count). The van der Waals surface area contributed by atoms with E-state index in [2.05, 4.69) is 27.1 Å². The first kappa shape index (κ1) is 15.5. The number of aromatic nitrogens is 4. The van der Waals surface area contributed by atoms with Gasteiger partial charge in [-0.2, -0.15) is 0 Å². The lowest BCUT2D eigenvalue weighted by Gasteiger charge is -2.17. The summed E-state index contributed by atoms with van der Waals surface area (Å²) in [5.41, 5.74) is 1.42. The molecular weight excluding hydrogens is 372 g/mol. The van der Waals surface area contributed by atoms with Crippen LogP contribution in [0.25, 0.3) is 21.0 Å². The molecular formula is C17H14N4OS3. The molecule has 1 unspecified atom stereocenters. The smallest absolute Gasteiger partial charge is 0.283 e. The van der Waals surface area contributed by atoms with Crippen LogP contribution in [-0.2, 0) is 12.8 Å². The monoisotopic (exact) mass is 386 g/mol. The summed E-state index contributed by atoms with van der Waals surface area (Å²) in [5, 5.41) is 12.9. The molecule has 0 N–H and O–H groups in total. The van der Waals surface area contributed by atoms with E-state index in [0.29, 0.717) is 11.1 Å². The summed E-state index contributed by atoms with van der Waals surface area (Å²) < 4.78 is 5.81. The van der Waals surface area contributed by atoms with E-state index in [-0.39, 0.29) is 0 Å². The van der Waals surface area contributed by atoms with Crippen molar-refractivity contribution in [3.8, 4) is 10.8 Å². The number of hydrogen-bond donors (Lipinski definition) is 0. The van der Waals surface area contributed by atoms with Crippen LogP contribution in [0.2, 0.25) is 0 Å². The van der Waals surface area contributed by atoms with Crippen LogP contribution >= 0.6 is 34.4 Å². The maximum Gasteiger partial charge on any atom is 0.283 e. The second-order valence-electron chi connectivity index (χ2n) is 6.16. The van der Waals surface area contributed by atoms with Gasteiger partial charge in [-0.15, -0.1) is 32.9 Å². The third-order valence-corrected chi connectivity index (χ3v) is 7.24. The fourth-order valence-corrected chi connectivity index (χ4v) is 6.01. The molecule has 1 aliphatic rings. The molecule has 0 saturated heterocycles. The van der Waals surface area contributed by atoms with Crippen molar-refractivity contribution < 1.29 is 4.42 Å². The Labute approximate surface area is 156 Å². The molecule has 0 amide bonds. The minimum absolute atomic E-state index is 0.521. The second-order valence-corrected chi connectivity index (χ2v) is 9.13. The Morgan fingerprint density at radius 3 is 3.12 bits per heavy atom. The van der Waals surface area contributed by atoms with Gasteiger partial charge < -0.3 is 4.42 Å². The van der Waals surface area contributed by atoms with E-state index in [4.69, 9.17) is 4.42 Å². The van der Waals surface area contributed by atoms with E-state index in [1.54, 1.807) is 29.0 Å². The van der Waals surface area contributed by atoms with Crippen LogP contribution in [0.5, 0.6) is 0 Å². The second kappa shape index (κ2) is 6.19. The van der Waals surface area contributed by atoms with Crippen LogP contribution in [0.1, 0.15) is 23.8 Å². The minimum Gasteiger partial charge on any atom is -0.410 e. The van der Waals surface area contributed by atoms with Crippen molar-refractivity contribution in [3.05, 3.63) is 34.3 Å². The number of rotatable bonds is 3. The molecule has 1 atom stereocenters. The van der Waals surface area contributed by atoms with Crippen molar-refractivity contribution in [1.82, 2.24) is 20.2 Å². The van der Waals surface area contributed by atoms with E-state index in [1.165, 1.54) is 34.0 Å². The van der Waals surface area contributed by atoms with Crippen molar-refractivity contribution in [2.45, 2.75) is 36.4 Å². The molecule has 126 valence electrons. The number of thiophene rings is 2. The fraction of sp³-hybridized carbons (Fsp3) is 0.294. The molecule has 4 aromatic rings. The molecule has 0 spiro atoms. The van der Waals surface area contributed by atoms with Gasteiger partial charge in [0.25, 0.3) is 11.1 Å². The van der Waals surface area contributed by atoms with Gasteiger partial charge in [0.1, 0.15) is 16.2 Å². The maximum absolute atomic E-state index is 5.81. The highest BCUT2D eigenvalue weighted by molar-refractivity contribution is 7.99. The average Bonchev–Trinajstić information content (AvgIpc) is 3.33. The summed E-state index contributed by atoms with van der Waals surface area (Å²) in [6.07, 6.45) is 5.10. The molecule has 0 bridgehead atoms. The summed E-state index contributed by atoms with van der Waals surface area (Å²) in [6.45, 7) is 2.32. The van der Waals surface area contributed by atoms with E-state index in [9.17, 15) is 0 Å². The Balaban J connectivity index is 1.53. The topological polar surface area (TPSA) is 64.7 Å². The van der Waals surface area contributed by atoms with Gasteiger partial charge in [-0.05, 0) is 54.0 Å². The van der Waals surface area contributed by atoms with Gasteiger partial charge in [-0.1, -0.05) is 13.0 Å². The lowest BCUT2D eigenvalue weighted by atomic mass is 9.89. The quantitative estimate of drug-likeness (QED) is 0.458. The van der Waals surface area contributed by atoms with Gasteiger partial charge in [0, 0.05) is 10.3 Å². The number of nitrogens with zero attached hydrogens (tertiary/aromatic N) is 4. The highest BCUT2D eigenvalue weighted by atomic mass is 32.2. The summed E-state index contributed by atoms with van der Waals surface area (Å²) in [6, 6.07) is 3.95. The Morgan fingerprint density at radius 2 is 2.24 bits per heavy atom. The van der Waals surface area contributed by atoms with Crippen molar-refractivity contribution in [2.75, 3.05) is 0 Å². The maximum atomic E-state index is 5.81. The highest BCUT2D eigenvalue weighted by Gasteiger charge is 2.24. The molecule has 0 aromatic carbocycles. The number of fused-ring (bicyclic) bond motifs is 3. The van der Waals surface area contributed by atoms with Crippen molar-refractivity contribution in [3.63, 3.8) is 0 Å².